The van der Waals surface area contributed by atoms with Crippen LogP contribution in [0.4, 0.5) is 4.39 Å². The highest BCUT2D eigenvalue weighted by Crippen LogP contribution is 2.44. The highest BCUT2D eigenvalue weighted by molar-refractivity contribution is 7.58. The molecule has 0 radical (unpaired) electrons. The highest BCUT2D eigenvalue weighted by atomic mass is 31.2. The van der Waals surface area contributed by atoms with Crippen molar-refractivity contribution in [2.45, 2.75) is 45.6 Å². The molecule has 3 aromatic rings. The molecule has 6 nitrogen and oxygen atoms in total. The van der Waals surface area contributed by atoms with E-state index in [1.165, 1.54) is 12.1 Å². The second-order valence-corrected chi connectivity index (χ2v) is 11.6. The summed E-state index contributed by atoms with van der Waals surface area (Å²) in [5.41, 5.74) is 5.80. The Morgan fingerprint density at radius 3 is 2.26 bits per heavy atom. The van der Waals surface area contributed by atoms with Crippen LogP contribution in [0.2, 0.25) is 0 Å². The summed E-state index contributed by atoms with van der Waals surface area (Å²) in [6, 6.07) is 15.9. The topological polar surface area (TPSA) is 108 Å². The predicted molar refractivity (Wildman–Crippen MR) is 135 cm³/mol. The molecule has 0 amide bonds. The number of carbonyl (C=O) groups is 1. The third-order valence-corrected chi connectivity index (χ3v) is 7.83. The molecular formula is C27H31FNO5P. The Kier molecular flexibility index (Phi) is 8.60. The number of carboxylic acids is 1. The Morgan fingerprint density at radius 1 is 1.06 bits per heavy atom. The zero-order valence-electron chi connectivity index (χ0n) is 20.1. The molecule has 8 heteroatoms. The van der Waals surface area contributed by atoms with E-state index < -0.39 is 32.0 Å². The number of aliphatic hydroxyl groups excluding tert-OH is 1. The fourth-order valence-corrected chi connectivity index (χ4v) is 5.88. The number of carboxylic acid groups (broad SMARTS) is 1. The largest absolute Gasteiger partial charge is 0.481 e. The van der Waals surface area contributed by atoms with Crippen LogP contribution in [0.15, 0.2) is 54.6 Å². The quantitative estimate of drug-likeness (QED) is 0.312. The van der Waals surface area contributed by atoms with Gasteiger partial charge in [-0.15, -0.1) is 0 Å². The Hall–Kier alpha value is -2.86. The van der Waals surface area contributed by atoms with Crippen molar-refractivity contribution in [3.05, 3.63) is 77.2 Å². The first-order chi connectivity index (χ1) is 16.5. The van der Waals surface area contributed by atoms with Crippen LogP contribution < -0.4 is 0 Å². The molecule has 35 heavy (non-hydrogen) atoms. The SMILES string of the molecule is Cc1c(-c2ccccc2)nc(C(C)C)c(CCP(=O)(O)C[C@H](O)CC(=O)O)c1-c1ccc(F)cc1. The first-order valence-electron chi connectivity index (χ1n) is 11.5. The van der Waals surface area contributed by atoms with Gasteiger partial charge in [-0.1, -0.05) is 56.3 Å². The molecular weight excluding hydrogens is 468 g/mol. The van der Waals surface area contributed by atoms with Crippen molar-refractivity contribution in [2.75, 3.05) is 12.3 Å². The molecule has 2 atom stereocenters. The van der Waals surface area contributed by atoms with Gasteiger partial charge in [-0.2, -0.15) is 0 Å². The van der Waals surface area contributed by atoms with E-state index in [9.17, 15) is 23.7 Å². The average molecular weight is 500 g/mol. The molecule has 3 N–H and O–H groups in total. The van der Waals surface area contributed by atoms with Crippen LogP contribution in [0.5, 0.6) is 0 Å². The van der Waals surface area contributed by atoms with E-state index in [0.717, 1.165) is 39.2 Å². The molecule has 2 aromatic carbocycles. The average Bonchev–Trinajstić information content (AvgIpc) is 2.78. The second kappa shape index (κ2) is 11.3. The van der Waals surface area contributed by atoms with Crippen molar-refractivity contribution in [1.29, 1.82) is 0 Å². The van der Waals surface area contributed by atoms with Gasteiger partial charge in [0.15, 0.2) is 0 Å². The van der Waals surface area contributed by atoms with Crippen LogP contribution in [0, 0.1) is 12.7 Å². The maximum absolute atomic E-state index is 13.7. The third kappa shape index (κ3) is 6.85. The highest BCUT2D eigenvalue weighted by Gasteiger charge is 2.27. The van der Waals surface area contributed by atoms with Crippen molar-refractivity contribution < 1.29 is 28.9 Å². The van der Waals surface area contributed by atoms with Gasteiger partial charge in [-0.3, -0.25) is 14.3 Å². The van der Waals surface area contributed by atoms with Gasteiger partial charge in [0.2, 0.25) is 7.37 Å². The van der Waals surface area contributed by atoms with Gasteiger partial charge in [0.25, 0.3) is 0 Å². The summed E-state index contributed by atoms with van der Waals surface area (Å²) in [5.74, 6) is -1.58. The van der Waals surface area contributed by atoms with Crippen LogP contribution in [0.3, 0.4) is 0 Å². The summed E-state index contributed by atoms with van der Waals surface area (Å²) in [5, 5.41) is 18.8. The molecule has 0 fully saturated rings. The van der Waals surface area contributed by atoms with Crippen LogP contribution in [0.25, 0.3) is 22.4 Å². The van der Waals surface area contributed by atoms with Crippen molar-refractivity contribution in [3.63, 3.8) is 0 Å². The second-order valence-electron chi connectivity index (χ2n) is 9.11. The number of halogens is 1. The molecule has 0 aliphatic rings. The minimum Gasteiger partial charge on any atom is -0.481 e. The van der Waals surface area contributed by atoms with Gasteiger partial charge >= 0.3 is 5.97 Å². The normalized spacial score (nSPS) is 14.0. The van der Waals surface area contributed by atoms with Crippen LogP contribution in [-0.2, 0) is 15.8 Å². The molecule has 0 aliphatic carbocycles. The maximum atomic E-state index is 13.7. The molecule has 1 aromatic heterocycles. The lowest BCUT2D eigenvalue weighted by molar-refractivity contribution is -0.138. The lowest BCUT2D eigenvalue weighted by Crippen LogP contribution is -2.19. The lowest BCUT2D eigenvalue weighted by atomic mass is 9.87. The van der Waals surface area contributed by atoms with Crippen molar-refractivity contribution in [1.82, 2.24) is 4.98 Å². The van der Waals surface area contributed by atoms with E-state index in [1.807, 2.05) is 51.1 Å². The van der Waals surface area contributed by atoms with Gasteiger partial charge in [0.1, 0.15) is 5.82 Å². The number of aliphatic hydroxyl groups is 1. The van der Waals surface area contributed by atoms with Gasteiger partial charge in [-0.05, 0) is 53.6 Å². The van der Waals surface area contributed by atoms with E-state index in [2.05, 4.69) is 0 Å². The zero-order valence-corrected chi connectivity index (χ0v) is 21.0. The monoisotopic (exact) mass is 499 g/mol. The fourth-order valence-electron chi connectivity index (χ4n) is 4.33. The number of hydrogen-bond donors (Lipinski definition) is 3. The van der Waals surface area contributed by atoms with Crippen LogP contribution >= 0.6 is 7.37 Å². The van der Waals surface area contributed by atoms with E-state index in [0.29, 0.717) is 0 Å². The molecule has 186 valence electrons. The Morgan fingerprint density at radius 2 is 1.69 bits per heavy atom. The Labute approximate surface area is 205 Å². The summed E-state index contributed by atoms with van der Waals surface area (Å²) in [4.78, 5) is 26.3. The van der Waals surface area contributed by atoms with Gasteiger partial charge in [-0.25, -0.2) is 4.39 Å². The number of aliphatic carboxylic acids is 1. The molecule has 1 heterocycles. The minimum atomic E-state index is -3.83. The Balaban J connectivity index is 2.12. The maximum Gasteiger partial charge on any atom is 0.305 e. The van der Waals surface area contributed by atoms with Gasteiger partial charge in [0, 0.05) is 17.4 Å². The first kappa shape index (κ1) is 26.7. The number of hydrogen-bond acceptors (Lipinski definition) is 4. The lowest BCUT2D eigenvalue weighted by Gasteiger charge is -2.23. The van der Waals surface area contributed by atoms with Crippen molar-refractivity contribution >= 4 is 13.3 Å². The number of pyridine rings is 1. The predicted octanol–water partition coefficient (Wildman–Crippen LogP) is 5.64. The summed E-state index contributed by atoms with van der Waals surface area (Å²) < 4.78 is 26.6. The van der Waals surface area contributed by atoms with E-state index in [4.69, 9.17) is 10.1 Å². The first-order valence-corrected chi connectivity index (χ1v) is 13.6. The standard InChI is InChI=1S/C27H31FNO5P/c1-17(2)26-23(13-14-35(33,34)16-22(30)15-24(31)32)25(19-9-11-21(28)12-10-19)18(3)27(29-26)20-7-5-4-6-8-20/h4-12,17,22,30H,13-16H2,1-3H3,(H,31,32)(H,33,34)/t22-/m1/s1. The molecule has 0 aliphatic heterocycles. The van der Waals surface area contributed by atoms with Crippen LogP contribution in [-0.4, -0.2) is 44.5 Å². The van der Waals surface area contributed by atoms with E-state index in [1.54, 1.807) is 12.1 Å². The zero-order chi connectivity index (χ0) is 25.8. The van der Waals surface area contributed by atoms with Gasteiger partial charge in [0.05, 0.1) is 24.4 Å². The molecule has 0 bridgehead atoms. The summed E-state index contributed by atoms with van der Waals surface area (Å²) in [6.45, 7) is 5.94. The summed E-state index contributed by atoms with van der Waals surface area (Å²) in [7, 11) is -3.83. The number of rotatable bonds is 10. The third-order valence-electron chi connectivity index (χ3n) is 5.92. The van der Waals surface area contributed by atoms with Crippen LogP contribution in [0.1, 0.15) is 43.0 Å². The minimum absolute atomic E-state index is 0.00272. The van der Waals surface area contributed by atoms with E-state index >= 15 is 0 Å². The van der Waals surface area contributed by atoms with Gasteiger partial charge < -0.3 is 15.1 Å². The van der Waals surface area contributed by atoms with Crippen molar-refractivity contribution in [3.8, 4) is 22.4 Å². The molecule has 0 saturated carbocycles. The number of benzene rings is 2. The molecule has 1 unspecified atom stereocenters. The summed E-state index contributed by atoms with van der Waals surface area (Å²) in [6.07, 6.45) is -2.41. The number of nitrogens with zero attached hydrogens (tertiary/aromatic N) is 1. The molecule has 0 saturated heterocycles. The summed E-state index contributed by atoms with van der Waals surface area (Å²) >= 11 is 0. The van der Waals surface area contributed by atoms with Crippen molar-refractivity contribution in [2.24, 2.45) is 0 Å². The molecule has 0 spiro atoms. The Bertz CT molecular complexity index is 1230. The fraction of sp³-hybridized carbons (Fsp3) is 0.333. The number of aromatic nitrogens is 1. The molecule has 3 rings (SSSR count). The van der Waals surface area contributed by atoms with E-state index in [-0.39, 0.29) is 24.3 Å². The smallest absolute Gasteiger partial charge is 0.305 e.